The highest BCUT2D eigenvalue weighted by Crippen LogP contribution is 2.28. The lowest BCUT2D eigenvalue weighted by atomic mass is 10.2. The van der Waals surface area contributed by atoms with Gasteiger partial charge in [-0.2, -0.15) is 0 Å². The number of nitrogens with zero attached hydrogens (tertiary/aromatic N) is 2. The molecule has 1 aromatic heterocycles. The first-order chi connectivity index (χ1) is 10.7. The predicted octanol–water partition coefficient (Wildman–Crippen LogP) is 2.98. The third kappa shape index (κ3) is 3.35. The standard InChI is InChI=1S/C16H13N3O2S/c1-21-13-6-4-12(5-7-13)18-16-19-15(20)14(22-16)9-11-3-2-8-17-10-11/h2-10H,1H3,(H,18,19,20). The molecule has 1 fully saturated rings. The molecule has 1 aromatic carbocycles. The number of amides is 1. The Morgan fingerprint density at radius 1 is 1.27 bits per heavy atom. The van der Waals surface area contributed by atoms with Crippen LogP contribution in [-0.4, -0.2) is 23.2 Å². The Hall–Kier alpha value is -2.60. The number of nitrogens with one attached hydrogen (secondary N) is 1. The minimum atomic E-state index is -0.152. The van der Waals surface area contributed by atoms with E-state index >= 15 is 0 Å². The molecule has 1 aliphatic heterocycles. The maximum absolute atomic E-state index is 12.0. The molecule has 0 spiro atoms. The Labute approximate surface area is 132 Å². The number of rotatable bonds is 3. The first-order valence-electron chi connectivity index (χ1n) is 6.58. The third-order valence-corrected chi connectivity index (χ3v) is 3.85. The highest BCUT2D eigenvalue weighted by atomic mass is 32.2. The van der Waals surface area contributed by atoms with Gasteiger partial charge in [0.15, 0.2) is 5.17 Å². The molecular weight excluding hydrogens is 298 g/mol. The van der Waals surface area contributed by atoms with Crippen LogP contribution in [0.4, 0.5) is 5.69 Å². The van der Waals surface area contributed by atoms with Gasteiger partial charge < -0.3 is 10.1 Å². The van der Waals surface area contributed by atoms with Gasteiger partial charge in [-0.1, -0.05) is 6.07 Å². The summed E-state index contributed by atoms with van der Waals surface area (Å²) >= 11 is 1.31. The van der Waals surface area contributed by atoms with Crippen LogP contribution in [0.5, 0.6) is 5.75 Å². The fraction of sp³-hybridized carbons (Fsp3) is 0.0625. The number of thioether (sulfide) groups is 1. The van der Waals surface area contributed by atoms with Crippen molar-refractivity contribution in [1.82, 2.24) is 10.3 Å². The summed E-state index contributed by atoms with van der Waals surface area (Å²) < 4.78 is 5.10. The fourth-order valence-electron chi connectivity index (χ4n) is 1.87. The molecule has 2 heterocycles. The molecule has 6 heteroatoms. The summed E-state index contributed by atoms with van der Waals surface area (Å²) in [5.74, 6) is 0.616. The molecule has 1 N–H and O–H groups in total. The van der Waals surface area contributed by atoms with Crippen LogP contribution in [0.1, 0.15) is 5.56 Å². The maximum atomic E-state index is 12.0. The number of methoxy groups -OCH3 is 1. The largest absolute Gasteiger partial charge is 0.497 e. The van der Waals surface area contributed by atoms with Gasteiger partial charge >= 0.3 is 0 Å². The summed E-state index contributed by atoms with van der Waals surface area (Å²) in [5.41, 5.74) is 1.64. The lowest BCUT2D eigenvalue weighted by molar-refractivity contribution is -0.115. The van der Waals surface area contributed by atoms with Gasteiger partial charge in [0.25, 0.3) is 5.91 Å². The van der Waals surface area contributed by atoms with Crippen molar-refractivity contribution in [3.05, 3.63) is 59.3 Å². The van der Waals surface area contributed by atoms with Gasteiger partial charge in [-0.25, -0.2) is 4.99 Å². The first-order valence-corrected chi connectivity index (χ1v) is 7.40. The van der Waals surface area contributed by atoms with E-state index < -0.39 is 0 Å². The van der Waals surface area contributed by atoms with Gasteiger partial charge in [-0.3, -0.25) is 9.78 Å². The number of amidine groups is 1. The second-order valence-corrected chi connectivity index (χ2v) is 5.50. The lowest BCUT2D eigenvalue weighted by Crippen LogP contribution is -2.19. The van der Waals surface area contributed by atoms with E-state index in [0.717, 1.165) is 17.0 Å². The highest BCUT2D eigenvalue weighted by molar-refractivity contribution is 8.18. The van der Waals surface area contributed by atoms with Crippen molar-refractivity contribution in [1.29, 1.82) is 0 Å². The van der Waals surface area contributed by atoms with Gasteiger partial charge in [0, 0.05) is 12.4 Å². The van der Waals surface area contributed by atoms with Crippen molar-refractivity contribution in [2.45, 2.75) is 0 Å². The molecule has 1 aliphatic rings. The number of carbonyl (C=O) groups is 1. The number of benzene rings is 1. The Bertz CT molecular complexity index is 740. The van der Waals surface area contributed by atoms with Gasteiger partial charge in [0.2, 0.25) is 0 Å². The van der Waals surface area contributed by atoms with Crippen molar-refractivity contribution in [2.75, 3.05) is 7.11 Å². The summed E-state index contributed by atoms with van der Waals surface area (Å²) in [6, 6.07) is 11.0. The van der Waals surface area contributed by atoms with Crippen LogP contribution in [-0.2, 0) is 4.79 Å². The maximum Gasteiger partial charge on any atom is 0.264 e. The van der Waals surface area contributed by atoms with Gasteiger partial charge in [0.1, 0.15) is 5.75 Å². The topological polar surface area (TPSA) is 63.6 Å². The number of aliphatic imine (C=N–C) groups is 1. The smallest absolute Gasteiger partial charge is 0.264 e. The molecule has 0 radical (unpaired) electrons. The van der Waals surface area contributed by atoms with Crippen LogP contribution in [0.25, 0.3) is 6.08 Å². The molecule has 0 unspecified atom stereocenters. The second kappa shape index (κ2) is 6.44. The zero-order valence-electron chi connectivity index (χ0n) is 11.8. The minimum Gasteiger partial charge on any atom is -0.497 e. The molecule has 1 amide bonds. The quantitative estimate of drug-likeness (QED) is 0.885. The van der Waals surface area contributed by atoms with Crippen molar-refractivity contribution in [3.8, 4) is 5.75 Å². The summed E-state index contributed by atoms with van der Waals surface area (Å²) in [6.07, 6.45) is 5.20. The zero-order valence-corrected chi connectivity index (χ0v) is 12.6. The summed E-state index contributed by atoms with van der Waals surface area (Å²) in [6.45, 7) is 0. The number of ether oxygens (including phenoxy) is 1. The van der Waals surface area contributed by atoms with E-state index in [0.29, 0.717) is 10.1 Å². The van der Waals surface area contributed by atoms with Gasteiger partial charge in [-0.05, 0) is 53.7 Å². The van der Waals surface area contributed by atoms with E-state index in [2.05, 4.69) is 15.3 Å². The van der Waals surface area contributed by atoms with Crippen molar-refractivity contribution in [2.24, 2.45) is 4.99 Å². The molecule has 22 heavy (non-hydrogen) atoms. The number of hydrogen-bond acceptors (Lipinski definition) is 5. The Balaban J connectivity index is 1.79. The SMILES string of the molecule is COc1ccc(N=C2NC(=O)C(=Cc3cccnc3)S2)cc1. The summed E-state index contributed by atoms with van der Waals surface area (Å²) in [5, 5.41) is 3.32. The van der Waals surface area contributed by atoms with Crippen LogP contribution >= 0.6 is 11.8 Å². The van der Waals surface area contributed by atoms with E-state index in [9.17, 15) is 4.79 Å². The van der Waals surface area contributed by atoms with Crippen LogP contribution in [0, 0.1) is 0 Å². The second-order valence-electron chi connectivity index (χ2n) is 4.47. The molecule has 1 saturated heterocycles. The van der Waals surface area contributed by atoms with Crippen LogP contribution < -0.4 is 10.1 Å². The first kappa shape index (κ1) is 14.3. The fourth-order valence-corrected chi connectivity index (χ4v) is 2.71. The Morgan fingerprint density at radius 3 is 2.77 bits per heavy atom. The zero-order chi connectivity index (χ0) is 15.4. The molecule has 0 aliphatic carbocycles. The minimum absolute atomic E-state index is 0.152. The molecule has 0 saturated carbocycles. The molecule has 5 nitrogen and oxygen atoms in total. The average molecular weight is 311 g/mol. The van der Waals surface area contributed by atoms with E-state index in [-0.39, 0.29) is 5.91 Å². The molecule has 110 valence electrons. The predicted molar refractivity (Wildman–Crippen MR) is 88.0 cm³/mol. The van der Waals surface area contributed by atoms with Crippen molar-refractivity contribution < 1.29 is 9.53 Å². The van der Waals surface area contributed by atoms with Crippen LogP contribution in [0.2, 0.25) is 0 Å². The van der Waals surface area contributed by atoms with Crippen LogP contribution in [0.3, 0.4) is 0 Å². The van der Waals surface area contributed by atoms with Gasteiger partial charge in [0.05, 0.1) is 17.7 Å². The average Bonchev–Trinajstić information content (AvgIpc) is 2.88. The molecular formula is C16H13N3O2S. The van der Waals surface area contributed by atoms with Crippen LogP contribution in [0.15, 0.2) is 58.7 Å². The molecule has 2 aromatic rings. The van der Waals surface area contributed by atoms with E-state index in [1.54, 1.807) is 25.6 Å². The normalized spacial score (nSPS) is 17.8. The van der Waals surface area contributed by atoms with E-state index in [1.165, 1.54) is 11.8 Å². The molecule has 3 rings (SSSR count). The van der Waals surface area contributed by atoms with Crippen molar-refractivity contribution >= 4 is 34.6 Å². The number of aromatic nitrogens is 1. The number of carbonyl (C=O) groups excluding carboxylic acids is 1. The Kier molecular flexibility index (Phi) is 4.20. The molecule has 0 atom stereocenters. The third-order valence-electron chi connectivity index (χ3n) is 2.94. The monoisotopic (exact) mass is 311 g/mol. The Morgan fingerprint density at radius 2 is 2.09 bits per heavy atom. The number of pyridine rings is 1. The van der Waals surface area contributed by atoms with Crippen molar-refractivity contribution in [3.63, 3.8) is 0 Å². The van der Waals surface area contributed by atoms with Gasteiger partial charge in [-0.15, -0.1) is 0 Å². The molecule has 0 bridgehead atoms. The summed E-state index contributed by atoms with van der Waals surface area (Å²) in [4.78, 5) is 21.0. The highest BCUT2D eigenvalue weighted by Gasteiger charge is 2.23. The summed E-state index contributed by atoms with van der Waals surface area (Å²) in [7, 11) is 1.61. The van der Waals surface area contributed by atoms with E-state index in [1.807, 2.05) is 36.4 Å². The lowest BCUT2D eigenvalue weighted by Gasteiger charge is -1.99. The van der Waals surface area contributed by atoms with E-state index in [4.69, 9.17) is 4.74 Å². The number of hydrogen-bond donors (Lipinski definition) is 1.